The monoisotopic (exact) mass is 199 g/mol. The first-order valence-corrected chi connectivity index (χ1v) is 5.73. The molecule has 2 N–H and O–H groups in total. The Labute approximate surface area is 88.5 Å². The van der Waals surface area contributed by atoms with Gasteiger partial charge in [-0.05, 0) is 25.7 Å². The van der Waals surface area contributed by atoms with E-state index < -0.39 is 0 Å². The summed E-state index contributed by atoms with van der Waals surface area (Å²) in [6.07, 6.45) is 8.36. The molecule has 0 unspecified atom stereocenters. The Balaban J connectivity index is 4.17. The molecule has 2 heteroatoms. The largest absolute Gasteiger partial charge is 0.494 e. The first-order valence-electron chi connectivity index (χ1n) is 5.73. The summed E-state index contributed by atoms with van der Waals surface area (Å²) in [5, 5.41) is 0. The van der Waals surface area contributed by atoms with Crippen molar-refractivity contribution in [3.8, 4) is 0 Å². The van der Waals surface area contributed by atoms with Crippen molar-refractivity contribution in [3.05, 3.63) is 12.8 Å². The highest BCUT2D eigenvalue weighted by atomic mass is 16.5. The Kier molecular flexibility index (Phi) is 7.58. The van der Waals surface area contributed by atoms with Crippen LogP contribution in [0.4, 0.5) is 0 Å². The van der Waals surface area contributed by atoms with Crippen LogP contribution in [0.5, 0.6) is 0 Å². The van der Waals surface area contributed by atoms with Crippen molar-refractivity contribution in [2.75, 3.05) is 6.54 Å². The van der Waals surface area contributed by atoms with Crippen LogP contribution in [0.2, 0.25) is 0 Å². The van der Waals surface area contributed by atoms with Crippen LogP contribution in [-0.2, 0) is 4.74 Å². The third-order valence-electron chi connectivity index (χ3n) is 2.68. The highest BCUT2D eigenvalue weighted by Gasteiger charge is 2.27. The Hall–Kier alpha value is -0.500. The molecule has 0 rings (SSSR count). The molecule has 0 bridgehead atoms. The van der Waals surface area contributed by atoms with Crippen LogP contribution in [0.15, 0.2) is 12.8 Å². The SMILES string of the molecule is C=COC(CN)(CCCC)CCCC. The number of nitrogens with two attached hydrogens (primary N) is 1. The van der Waals surface area contributed by atoms with Gasteiger partial charge in [-0.25, -0.2) is 0 Å². The van der Waals surface area contributed by atoms with Gasteiger partial charge in [0.2, 0.25) is 0 Å². The molecule has 2 nitrogen and oxygen atoms in total. The topological polar surface area (TPSA) is 35.2 Å². The molecule has 0 aliphatic carbocycles. The van der Waals surface area contributed by atoms with Crippen LogP contribution in [0.3, 0.4) is 0 Å². The first-order chi connectivity index (χ1) is 6.74. The van der Waals surface area contributed by atoms with E-state index in [9.17, 15) is 0 Å². The van der Waals surface area contributed by atoms with E-state index in [2.05, 4.69) is 20.4 Å². The zero-order chi connectivity index (χ0) is 10.9. The second-order valence-electron chi connectivity index (χ2n) is 3.88. The van der Waals surface area contributed by atoms with E-state index in [4.69, 9.17) is 10.5 Å². The lowest BCUT2D eigenvalue weighted by Crippen LogP contribution is -2.39. The molecular formula is C12H25NO. The predicted molar refractivity (Wildman–Crippen MR) is 62.1 cm³/mol. The van der Waals surface area contributed by atoms with Gasteiger partial charge in [0.05, 0.1) is 6.26 Å². The maximum Gasteiger partial charge on any atom is 0.120 e. The minimum Gasteiger partial charge on any atom is -0.494 e. The van der Waals surface area contributed by atoms with Gasteiger partial charge in [0.25, 0.3) is 0 Å². The number of rotatable bonds is 9. The highest BCUT2D eigenvalue weighted by molar-refractivity contribution is 4.83. The van der Waals surface area contributed by atoms with Crippen molar-refractivity contribution >= 4 is 0 Å². The lowest BCUT2D eigenvalue weighted by atomic mass is 9.91. The summed E-state index contributed by atoms with van der Waals surface area (Å²) in [5.41, 5.74) is 5.66. The van der Waals surface area contributed by atoms with Crippen LogP contribution in [0.1, 0.15) is 52.4 Å². The Morgan fingerprint density at radius 1 is 1.21 bits per heavy atom. The van der Waals surface area contributed by atoms with Crippen molar-refractivity contribution in [3.63, 3.8) is 0 Å². The molecule has 0 aliphatic rings. The Bertz CT molecular complexity index is 137. The van der Waals surface area contributed by atoms with Gasteiger partial charge in [-0.1, -0.05) is 33.3 Å². The van der Waals surface area contributed by atoms with E-state index in [-0.39, 0.29) is 5.60 Å². The van der Waals surface area contributed by atoms with E-state index in [0.29, 0.717) is 6.54 Å². The zero-order valence-corrected chi connectivity index (χ0v) is 9.72. The van der Waals surface area contributed by atoms with Crippen LogP contribution in [0, 0.1) is 0 Å². The number of hydrogen-bond acceptors (Lipinski definition) is 2. The average molecular weight is 199 g/mol. The molecule has 0 fully saturated rings. The second-order valence-corrected chi connectivity index (χ2v) is 3.88. The summed E-state index contributed by atoms with van der Waals surface area (Å²) < 4.78 is 5.62. The molecule has 0 amide bonds. The Morgan fingerprint density at radius 2 is 1.71 bits per heavy atom. The predicted octanol–water partition coefficient (Wildman–Crippen LogP) is 3.22. The lowest BCUT2D eigenvalue weighted by Gasteiger charge is -2.32. The maximum absolute atomic E-state index is 5.80. The molecule has 0 heterocycles. The van der Waals surface area contributed by atoms with Crippen LogP contribution < -0.4 is 5.73 Å². The summed E-state index contributed by atoms with van der Waals surface area (Å²) in [7, 11) is 0. The third-order valence-corrected chi connectivity index (χ3v) is 2.68. The molecular weight excluding hydrogens is 174 g/mol. The van der Waals surface area contributed by atoms with Gasteiger partial charge in [-0.3, -0.25) is 0 Å². The van der Waals surface area contributed by atoms with E-state index >= 15 is 0 Å². The van der Waals surface area contributed by atoms with Gasteiger partial charge in [0.1, 0.15) is 5.60 Å². The molecule has 0 radical (unpaired) electrons. The fourth-order valence-corrected chi connectivity index (χ4v) is 1.67. The van der Waals surface area contributed by atoms with Crippen molar-refractivity contribution in [1.29, 1.82) is 0 Å². The first kappa shape index (κ1) is 13.5. The number of unbranched alkanes of at least 4 members (excludes halogenated alkanes) is 2. The molecule has 0 aromatic heterocycles. The van der Waals surface area contributed by atoms with Gasteiger partial charge in [0.15, 0.2) is 0 Å². The molecule has 0 aromatic carbocycles. The van der Waals surface area contributed by atoms with Gasteiger partial charge >= 0.3 is 0 Å². The smallest absolute Gasteiger partial charge is 0.120 e. The van der Waals surface area contributed by atoms with E-state index in [1.165, 1.54) is 31.9 Å². The molecule has 14 heavy (non-hydrogen) atoms. The zero-order valence-electron chi connectivity index (χ0n) is 9.72. The Morgan fingerprint density at radius 3 is 2.00 bits per heavy atom. The minimum atomic E-state index is -0.145. The summed E-state index contributed by atoms with van der Waals surface area (Å²) in [6.45, 7) is 8.61. The molecule has 0 saturated carbocycles. The molecule has 0 saturated heterocycles. The van der Waals surface area contributed by atoms with Crippen LogP contribution in [-0.4, -0.2) is 12.1 Å². The standard InChI is InChI=1S/C12H25NO/c1-4-7-9-12(11-13,14-6-3)10-8-5-2/h6H,3-5,7-11,13H2,1-2H3. The molecule has 0 atom stereocenters. The fraction of sp³-hybridized carbons (Fsp3) is 0.833. The number of ether oxygens (including phenoxy) is 1. The van der Waals surface area contributed by atoms with Crippen LogP contribution >= 0.6 is 0 Å². The highest BCUT2D eigenvalue weighted by Crippen LogP contribution is 2.25. The minimum absolute atomic E-state index is 0.145. The van der Waals surface area contributed by atoms with E-state index in [1.54, 1.807) is 0 Å². The summed E-state index contributed by atoms with van der Waals surface area (Å²) >= 11 is 0. The summed E-state index contributed by atoms with van der Waals surface area (Å²) in [4.78, 5) is 0. The van der Waals surface area contributed by atoms with Gasteiger partial charge in [0, 0.05) is 6.54 Å². The van der Waals surface area contributed by atoms with Gasteiger partial charge < -0.3 is 10.5 Å². The fourth-order valence-electron chi connectivity index (χ4n) is 1.67. The number of hydrogen-bond donors (Lipinski definition) is 1. The lowest BCUT2D eigenvalue weighted by molar-refractivity contribution is 0.0106. The molecule has 0 aliphatic heterocycles. The summed E-state index contributed by atoms with van der Waals surface area (Å²) in [6, 6.07) is 0. The average Bonchev–Trinajstić information content (AvgIpc) is 2.22. The van der Waals surface area contributed by atoms with E-state index in [1.807, 2.05) is 0 Å². The van der Waals surface area contributed by atoms with E-state index in [0.717, 1.165) is 12.8 Å². The van der Waals surface area contributed by atoms with Crippen molar-refractivity contribution < 1.29 is 4.74 Å². The summed E-state index contributed by atoms with van der Waals surface area (Å²) in [5.74, 6) is 0. The quantitative estimate of drug-likeness (QED) is 0.579. The van der Waals surface area contributed by atoms with Crippen LogP contribution in [0.25, 0.3) is 0 Å². The maximum atomic E-state index is 5.80. The van der Waals surface area contributed by atoms with Gasteiger partial charge in [-0.15, -0.1) is 0 Å². The molecule has 0 spiro atoms. The third kappa shape index (κ3) is 4.66. The van der Waals surface area contributed by atoms with Gasteiger partial charge in [-0.2, -0.15) is 0 Å². The van der Waals surface area contributed by atoms with Crippen molar-refractivity contribution in [2.45, 2.75) is 58.0 Å². The molecule has 84 valence electrons. The van der Waals surface area contributed by atoms with Crippen molar-refractivity contribution in [1.82, 2.24) is 0 Å². The molecule has 0 aromatic rings. The normalized spacial score (nSPS) is 11.4. The second kappa shape index (κ2) is 7.86. The van der Waals surface area contributed by atoms with Crippen molar-refractivity contribution in [2.24, 2.45) is 5.73 Å².